The fraction of sp³-hybridized carbons (Fsp3) is 0.0909. The molecular formula is C22H17N5O3S. The molecule has 0 bridgehead atoms. The van der Waals surface area contributed by atoms with Crippen LogP contribution in [0.15, 0.2) is 76.5 Å². The van der Waals surface area contributed by atoms with Crippen LogP contribution in [0.3, 0.4) is 0 Å². The van der Waals surface area contributed by atoms with Gasteiger partial charge in [-0.25, -0.2) is 14.8 Å². The van der Waals surface area contributed by atoms with E-state index in [2.05, 4.69) is 10.6 Å². The molecule has 8 nitrogen and oxygen atoms in total. The molecule has 3 heterocycles. The number of imidazole rings is 1. The summed E-state index contributed by atoms with van der Waals surface area (Å²) in [5.41, 5.74) is 3.34. The Morgan fingerprint density at radius 1 is 0.968 bits per heavy atom. The average Bonchev–Trinajstić information content (AvgIpc) is 3.44. The topological polar surface area (TPSA) is 102 Å². The van der Waals surface area contributed by atoms with Crippen molar-refractivity contribution in [2.24, 2.45) is 0 Å². The molecule has 0 aliphatic carbocycles. The second-order valence-electron chi connectivity index (χ2n) is 6.77. The van der Waals surface area contributed by atoms with Crippen LogP contribution < -0.4 is 10.6 Å². The number of furan rings is 1. The maximum absolute atomic E-state index is 12.3. The molecule has 0 saturated carbocycles. The van der Waals surface area contributed by atoms with Gasteiger partial charge in [-0.2, -0.15) is 0 Å². The Kier molecular flexibility index (Phi) is 5.01. The molecule has 0 aliphatic rings. The maximum Gasteiger partial charge on any atom is 0.321 e. The van der Waals surface area contributed by atoms with Crippen molar-refractivity contribution in [1.29, 1.82) is 0 Å². The minimum absolute atomic E-state index is 0.0289. The van der Waals surface area contributed by atoms with Crippen LogP contribution in [0, 0.1) is 0 Å². The molecule has 0 fully saturated rings. The molecule has 0 spiro atoms. The number of hydrogen-bond acceptors (Lipinski definition) is 6. The fourth-order valence-corrected chi connectivity index (χ4v) is 4.14. The van der Waals surface area contributed by atoms with Gasteiger partial charge in [0.15, 0.2) is 5.16 Å². The number of fused-ring (bicyclic) bond motifs is 5. The van der Waals surface area contributed by atoms with Crippen LogP contribution in [0.1, 0.15) is 5.76 Å². The summed E-state index contributed by atoms with van der Waals surface area (Å²) >= 11 is 1.25. The quantitative estimate of drug-likeness (QED) is 0.325. The first-order valence-electron chi connectivity index (χ1n) is 9.58. The number of urea groups is 1. The lowest BCUT2D eigenvalue weighted by molar-refractivity contribution is -0.117. The Bertz CT molecular complexity index is 1410. The van der Waals surface area contributed by atoms with Gasteiger partial charge in [-0.1, -0.05) is 36.0 Å². The number of para-hydroxylation sites is 3. The van der Waals surface area contributed by atoms with Crippen molar-refractivity contribution in [3.8, 4) is 0 Å². The van der Waals surface area contributed by atoms with E-state index in [0.717, 1.165) is 27.6 Å². The molecule has 2 N–H and O–H groups in total. The van der Waals surface area contributed by atoms with Crippen molar-refractivity contribution in [3.05, 3.63) is 72.7 Å². The highest BCUT2D eigenvalue weighted by atomic mass is 32.2. The van der Waals surface area contributed by atoms with Gasteiger partial charge in [-0.3, -0.25) is 14.5 Å². The molecule has 0 radical (unpaired) electrons. The smallest absolute Gasteiger partial charge is 0.321 e. The highest BCUT2D eigenvalue weighted by Crippen LogP contribution is 2.28. The van der Waals surface area contributed by atoms with Crippen molar-refractivity contribution >= 4 is 51.3 Å². The van der Waals surface area contributed by atoms with Gasteiger partial charge in [0.1, 0.15) is 11.4 Å². The average molecular weight is 431 g/mol. The van der Waals surface area contributed by atoms with Gasteiger partial charge in [0.25, 0.3) is 0 Å². The monoisotopic (exact) mass is 431 g/mol. The van der Waals surface area contributed by atoms with E-state index in [1.807, 2.05) is 52.9 Å². The fourth-order valence-electron chi connectivity index (χ4n) is 3.33. The third-order valence-corrected chi connectivity index (χ3v) is 5.64. The summed E-state index contributed by atoms with van der Waals surface area (Å²) in [5.74, 6) is 0.211. The Labute approximate surface area is 180 Å². The number of benzene rings is 2. The first-order valence-corrected chi connectivity index (χ1v) is 10.6. The number of carbonyl (C=O) groups is 2. The minimum atomic E-state index is -0.577. The van der Waals surface area contributed by atoms with Gasteiger partial charge >= 0.3 is 6.03 Å². The molecule has 5 rings (SSSR count). The highest BCUT2D eigenvalue weighted by molar-refractivity contribution is 7.99. The third-order valence-electron chi connectivity index (χ3n) is 4.70. The van der Waals surface area contributed by atoms with Gasteiger partial charge in [0.05, 0.1) is 35.1 Å². The van der Waals surface area contributed by atoms with Crippen LogP contribution in [-0.4, -0.2) is 32.1 Å². The standard InChI is InChI=1S/C22H17N5O3S/c28-19(26-21(29)23-12-14-6-5-11-30-14)13-31-22-25-16-8-2-1-7-15(16)20-24-17-9-3-4-10-18(17)27(20)22/h1-11H,12-13H2,(H2,23,26,28,29). The summed E-state index contributed by atoms with van der Waals surface area (Å²) in [6.45, 7) is 0.202. The van der Waals surface area contributed by atoms with Crippen molar-refractivity contribution in [1.82, 2.24) is 25.0 Å². The van der Waals surface area contributed by atoms with E-state index < -0.39 is 11.9 Å². The Hall–Kier alpha value is -3.85. The van der Waals surface area contributed by atoms with Gasteiger partial charge in [0.2, 0.25) is 5.91 Å². The van der Waals surface area contributed by atoms with Gasteiger partial charge < -0.3 is 9.73 Å². The van der Waals surface area contributed by atoms with Crippen LogP contribution in [0.4, 0.5) is 4.79 Å². The molecule has 3 amide bonds. The highest BCUT2D eigenvalue weighted by Gasteiger charge is 2.16. The molecule has 154 valence electrons. The van der Waals surface area contributed by atoms with Crippen molar-refractivity contribution in [2.45, 2.75) is 11.7 Å². The summed E-state index contributed by atoms with van der Waals surface area (Å²) in [7, 11) is 0. The van der Waals surface area contributed by atoms with E-state index >= 15 is 0 Å². The van der Waals surface area contributed by atoms with E-state index in [9.17, 15) is 9.59 Å². The van der Waals surface area contributed by atoms with Crippen molar-refractivity contribution < 1.29 is 14.0 Å². The SMILES string of the molecule is O=C(CSc1nc2ccccc2c2nc3ccccc3n12)NC(=O)NCc1ccco1. The molecule has 0 saturated heterocycles. The predicted octanol–water partition coefficient (Wildman–Crippen LogP) is 3.75. The molecule has 0 atom stereocenters. The Balaban J connectivity index is 1.37. The third kappa shape index (κ3) is 3.82. The van der Waals surface area contributed by atoms with Crippen LogP contribution in [0.5, 0.6) is 0 Å². The molecule has 0 aliphatic heterocycles. The van der Waals surface area contributed by atoms with Crippen LogP contribution in [0.2, 0.25) is 0 Å². The predicted molar refractivity (Wildman–Crippen MR) is 118 cm³/mol. The van der Waals surface area contributed by atoms with E-state index in [1.54, 1.807) is 12.1 Å². The normalized spacial score (nSPS) is 11.2. The van der Waals surface area contributed by atoms with Crippen LogP contribution in [-0.2, 0) is 11.3 Å². The summed E-state index contributed by atoms with van der Waals surface area (Å²) in [5, 5.41) is 6.48. The van der Waals surface area contributed by atoms with Crippen molar-refractivity contribution in [2.75, 3.05) is 5.75 Å². The summed E-state index contributed by atoms with van der Waals surface area (Å²) in [6, 6.07) is 18.4. The first-order chi connectivity index (χ1) is 15.2. The molecule has 0 unspecified atom stereocenters. The van der Waals surface area contributed by atoms with Crippen LogP contribution >= 0.6 is 11.8 Å². The Morgan fingerprint density at radius 2 is 1.77 bits per heavy atom. The van der Waals surface area contributed by atoms with E-state index in [0.29, 0.717) is 10.9 Å². The molecule has 5 aromatic rings. The Morgan fingerprint density at radius 3 is 2.61 bits per heavy atom. The second kappa shape index (κ2) is 8.11. The minimum Gasteiger partial charge on any atom is -0.467 e. The number of thioether (sulfide) groups is 1. The number of carbonyl (C=O) groups excluding carboxylic acids is 2. The lowest BCUT2D eigenvalue weighted by atomic mass is 10.2. The zero-order valence-electron chi connectivity index (χ0n) is 16.2. The number of nitrogens with zero attached hydrogens (tertiary/aromatic N) is 3. The second-order valence-corrected chi connectivity index (χ2v) is 7.71. The number of rotatable bonds is 5. The summed E-state index contributed by atoms with van der Waals surface area (Å²) < 4.78 is 7.10. The number of nitrogens with one attached hydrogen (secondary N) is 2. The first kappa shape index (κ1) is 19.1. The van der Waals surface area contributed by atoms with E-state index in [4.69, 9.17) is 14.4 Å². The number of imide groups is 1. The molecular weight excluding hydrogens is 414 g/mol. The maximum atomic E-state index is 12.3. The largest absolute Gasteiger partial charge is 0.467 e. The molecule has 31 heavy (non-hydrogen) atoms. The number of aromatic nitrogens is 3. The lowest BCUT2D eigenvalue weighted by Gasteiger charge is -2.09. The van der Waals surface area contributed by atoms with Gasteiger partial charge in [-0.05, 0) is 36.4 Å². The van der Waals surface area contributed by atoms with Crippen molar-refractivity contribution in [3.63, 3.8) is 0 Å². The van der Waals surface area contributed by atoms with Gasteiger partial charge in [-0.15, -0.1) is 0 Å². The summed E-state index contributed by atoms with van der Waals surface area (Å²) in [4.78, 5) is 33.8. The zero-order valence-corrected chi connectivity index (χ0v) is 17.1. The van der Waals surface area contributed by atoms with E-state index in [1.165, 1.54) is 18.0 Å². The number of amides is 3. The van der Waals surface area contributed by atoms with Crippen LogP contribution in [0.25, 0.3) is 27.6 Å². The molecule has 2 aromatic carbocycles. The molecule has 3 aromatic heterocycles. The molecule has 9 heteroatoms. The van der Waals surface area contributed by atoms with E-state index in [-0.39, 0.29) is 12.3 Å². The number of hydrogen-bond donors (Lipinski definition) is 2. The van der Waals surface area contributed by atoms with Gasteiger partial charge in [0, 0.05) is 5.39 Å². The summed E-state index contributed by atoms with van der Waals surface area (Å²) in [6.07, 6.45) is 1.52. The zero-order chi connectivity index (χ0) is 21.2. The lowest BCUT2D eigenvalue weighted by Crippen LogP contribution is -2.39.